The van der Waals surface area contributed by atoms with E-state index < -0.39 is 21.2 Å². The molecule has 1 fully saturated rings. The van der Waals surface area contributed by atoms with Crippen molar-refractivity contribution in [2.45, 2.75) is 63.7 Å². The highest BCUT2D eigenvalue weighted by Gasteiger charge is 2.31. The summed E-state index contributed by atoms with van der Waals surface area (Å²) < 4.78 is 26.2. The maximum absolute atomic E-state index is 11.8. The smallest absolute Gasteiger partial charge is 0.323 e. The first-order valence-electron chi connectivity index (χ1n) is 6.58. The molecule has 1 aliphatic carbocycles. The van der Waals surface area contributed by atoms with Crippen molar-refractivity contribution in [3.05, 3.63) is 0 Å². The van der Waals surface area contributed by atoms with Gasteiger partial charge in [-0.25, -0.2) is 13.1 Å². The zero-order valence-corrected chi connectivity index (χ0v) is 11.9. The van der Waals surface area contributed by atoms with Crippen molar-refractivity contribution < 1.29 is 18.3 Å². The molecule has 0 heterocycles. The molecule has 2 N–H and O–H groups in total. The molecule has 0 bridgehead atoms. The molecule has 0 radical (unpaired) electrons. The number of rotatable bonds is 5. The highest BCUT2D eigenvalue weighted by atomic mass is 32.2. The molecule has 0 aromatic rings. The highest BCUT2D eigenvalue weighted by molar-refractivity contribution is 7.90. The number of hydrogen-bond acceptors (Lipinski definition) is 3. The van der Waals surface area contributed by atoms with Gasteiger partial charge < -0.3 is 5.11 Å². The van der Waals surface area contributed by atoms with E-state index in [1.54, 1.807) is 0 Å². The van der Waals surface area contributed by atoms with Crippen molar-refractivity contribution in [3.63, 3.8) is 0 Å². The van der Waals surface area contributed by atoms with Crippen LogP contribution in [0.5, 0.6) is 0 Å². The molecular weight excluding hydrogens is 254 g/mol. The Balaban J connectivity index is 2.62. The van der Waals surface area contributed by atoms with E-state index in [0.29, 0.717) is 5.92 Å². The molecule has 0 aromatic carbocycles. The summed E-state index contributed by atoms with van der Waals surface area (Å²) >= 11 is 0. The zero-order chi connectivity index (χ0) is 13.8. The van der Waals surface area contributed by atoms with Gasteiger partial charge in [0.25, 0.3) is 0 Å². The first-order chi connectivity index (χ1) is 8.34. The van der Waals surface area contributed by atoms with Crippen LogP contribution in [0.1, 0.15) is 52.4 Å². The Hall–Kier alpha value is -0.620. The minimum Gasteiger partial charge on any atom is -0.480 e. The SMILES string of the molecule is CC(C(=O)O)S(=O)(=O)N[C@@H](C)C1CCCCCC1. The number of sulfonamides is 1. The molecule has 1 unspecified atom stereocenters. The van der Waals surface area contributed by atoms with E-state index in [0.717, 1.165) is 25.7 Å². The van der Waals surface area contributed by atoms with E-state index >= 15 is 0 Å². The molecule has 0 amide bonds. The summed E-state index contributed by atoms with van der Waals surface area (Å²) in [4.78, 5) is 10.7. The lowest BCUT2D eigenvalue weighted by molar-refractivity contribution is -0.136. The lowest BCUT2D eigenvalue weighted by atomic mass is 9.94. The third-order valence-corrected chi connectivity index (χ3v) is 5.60. The van der Waals surface area contributed by atoms with Crippen LogP contribution < -0.4 is 4.72 Å². The quantitative estimate of drug-likeness (QED) is 0.750. The van der Waals surface area contributed by atoms with E-state index in [1.807, 2.05) is 6.92 Å². The second kappa shape index (κ2) is 6.52. The average molecular weight is 277 g/mol. The predicted octanol–water partition coefficient (Wildman–Crippen LogP) is 1.74. The van der Waals surface area contributed by atoms with Crippen LogP contribution in [0.4, 0.5) is 0 Å². The van der Waals surface area contributed by atoms with E-state index in [4.69, 9.17) is 5.11 Å². The number of hydrogen-bond donors (Lipinski definition) is 2. The van der Waals surface area contributed by atoms with Gasteiger partial charge in [-0.3, -0.25) is 4.79 Å². The van der Waals surface area contributed by atoms with Crippen LogP contribution in [0.15, 0.2) is 0 Å². The van der Waals surface area contributed by atoms with Gasteiger partial charge in [-0.2, -0.15) is 0 Å². The summed E-state index contributed by atoms with van der Waals surface area (Å²) in [6, 6.07) is -0.185. The fraction of sp³-hybridized carbons (Fsp3) is 0.917. The summed E-state index contributed by atoms with van der Waals surface area (Å²) in [5, 5.41) is 7.37. The molecule has 1 aliphatic rings. The van der Waals surface area contributed by atoms with Crippen molar-refractivity contribution in [1.82, 2.24) is 4.72 Å². The molecule has 5 nitrogen and oxygen atoms in total. The summed E-state index contributed by atoms with van der Waals surface area (Å²) in [6.07, 6.45) is 6.72. The predicted molar refractivity (Wildman–Crippen MR) is 69.8 cm³/mol. The largest absolute Gasteiger partial charge is 0.480 e. The number of nitrogens with one attached hydrogen (secondary N) is 1. The van der Waals surface area contributed by atoms with Gasteiger partial charge in [-0.05, 0) is 32.6 Å². The molecule has 6 heteroatoms. The maximum Gasteiger partial charge on any atom is 0.323 e. The maximum atomic E-state index is 11.8. The third kappa shape index (κ3) is 4.24. The normalized spacial score (nSPS) is 22.1. The van der Waals surface area contributed by atoms with Gasteiger partial charge in [0.05, 0.1) is 0 Å². The first kappa shape index (κ1) is 15.4. The first-order valence-corrected chi connectivity index (χ1v) is 8.13. The Morgan fingerprint density at radius 1 is 1.17 bits per heavy atom. The molecule has 0 aromatic heterocycles. The van der Waals surface area contributed by atoms with Gasteiger partial charge in [0.15, 0.2) is 5.25 Å². The lowest BCUT2D eigenvalue weighted by Gasteiger charge is -2.24. The minimum atomic E-state index is -3.77. The number of carboxylic acid groups (broad SMARTS) is 1. The van der Waals surface area contributed by atoms with Crippen molar-refractivity contribution in [3.8, 4) is 0 Å². The molecule has 1 rings (SSSR count). The molecular formula is C12H23NO4S. The van der Waals surface area contributed by atoms with Gasteiger partial charge in [0, 0.05) is 6.04 Å². The Kier molecular flexibility index (Phi) is 5.59. The van der Waals surface area contributed by atoms with Crippen LogP contribution in [0.2, 0.25) is 0 Å². The molecule has 0 spiro atoms. The second-order valence-corrected chi connectivity index (χ2v) is 7.22. The van der Waals surface area contributed by atoms with Crippen molar-refractivity contribution >= 4 is 16.0 Å². The molecule has 18 heavy (non-hydrogen) atoms. The van der Waals surface area contributed by atoms with Crippen molar-refractivity contribution in [2.75, 3.05) is 0 Å². The Morgan fingerprint density at radius 2 is 1.67 bits per heavy atom. The van der Waals surface area contributed by atoms with E-state index in [9.17, 15) is 13.2 Å². The van der Waals surface area contributed by atoms with Crippen molar-refractivity contribution in [2.24, 2.45) is 5.92 Å². The summed E-state index contributed by atoms with van der Waals surface area (Å²) in [6.45, 7) is 3.03. The van der Waals surface area contributed by atoms with E-state index in [2.05, 4.69) is 4.72 Å². The van der Waals surface area contributed by atoms with Crippen LogP contribution >= 0.6 is 0 Å². The van der Waals surface area contributed by atoms with Crippen LogP contribution in [-0.2, 0) is 14.8 Å². The summed E-state index contributed by atoms with van der Waals surface area (Å²) in [5.74, 6) is -0.987. The highest BCUT2D eigenvalue weighted by Crippen LogP contribution is 2.25. The molecule has 2 atom stereocenters. The fourth-order valence-electron chi connectivity index (χ4n) is 2.40. The summed E-state index contributed by atoms with van der Waals surface area (Å²) in [7, 11) is -3.77. The molecule has 106 valence electrons. The second-order valence-electron chi connectivity index (χ2n) is 5.18. The topological polar surface area (TPSA) is 83.5 Å². The molecule has 1 saturated carbocycles. The average Bonchev–Trinajstić information content (AvgIpc) is 2.55. The molecule has 0 aliphatic heterocycles. The molecule has 0 saturated heterocycles. The standard InChI is InChI=1S/C12H23NO4S/c1-9(11-7-5-3-4-6-8-11)13-18(16,17)10(2)12(14)15/h9-11,13H,3-8H2,1-2H3,(H,14,15)/t9-,10?/m0/s1. The van der Waals surface area contributed by atoms with Crippen molar-refractivity contribution in [1.29, 1.82) is 0 Å². The summed E-state index contributed by atoms with van der Waals surface area (Å²) in [5.41, 5.74) is 0. The van der Waals surface area contributed by atoms with Gasteiger partial charge >= 0.3 is 5.97 Å². The van der Waals surface area contributed by atoms with Crippen LogP contribution in [-0.4, -0.2) is 30.8 Å². The zero-order valence-electron chi connectivity index (χ0n) is 11.1. The van der Waals surface area contributed by atoms with E-state index in [-0.39, 0.29) is 6.04 Å². The van der Waals surface area contributed by atoms with Gasteiger partial charge in [-0.1, -0.05) is 25.7 Å². The number of carbonyl (C=O) groups is 1. The van der Waals surface area contributed by atoms with Gasteiger partial charge in [0.1, 0.15) is 0 Å². The Bertz CT molecular complexity index is 372. The third-order valence-electron chi connectivity index (χ3n) is 3.77. The number of aliphatic carboxylic acids is 1. The Labute approximate surface area is 109 Å². The monoisotopic (exact) mass is 277 g/mol. The number of carboxylic acids is 1. The van der Waals surface area contributed by atoms with Gasteiger partial charge in [-0.15, -0.1) is 0 Å². The van der Waals surface area contributed by atoms with Crippen LogP contribution in [0.3, 0.4) is 0 Å². The van der Waals surface area contributed by atoms with Gasteiger partial charge in [0.2, 0.25) is 10.0 Å². The fourth-order valence-corrected chi connectivity index (χ4v) is 3.58. The van der Waals surface area contributed by atoms with Crippen LogP contribution in [0.25, 0.3) is 0 Å². The van der Waals surface area contributed by atoms with E-state index in [1.165, 1.54) is 19.8 Å². The van der Waals surface area contributed by atoms with Crippen LogP contribution in [0, 0.1) is 5.92 Å². The Morgan fingerprint density at radius 3 is 2.11 bits per heavy atom. The lowest BCUT2D eigenvalue weighted by Crippen LogP contribution is -2.44. The minimum absolute atomic E-state index is 0.185.